The minimum Gasteiger partial charge on any atom is -0.395 e. The number of carbonyl (C=O) groups excluding carboxylic acids is 2. The Kier molecular flexibility index (Phi) is 7.91. The van der Waals surface area contributed by atoms with Gasteiger partial charge in [-0.3, -0.25) is 0 Å². The van der Waals surface area contributed by atoms with Gasteiger partial charge in [0.2, 0.25) is 0 Å². The second-order valence-corrected chi connectivity index (χ2v) is 4.82. The third-order valence-corrected chi connectivity index (χ3v) is 3.06. The summed E-state index contributed by atoms with van der Waals surface area (Å²) in [6.45, 7) is 10.1. The summed E-state index contributed by atoms with van der Waals surface area (Å²) >= 11 is 0. The van der Waals surface area contributed by atoms with Crippen molar-refractivity contribution in [1.29, 1.82) is 0 Å². The fourth-order valence-electron chi connectivity index (χ4n) is 1.80. The van der Waals surface area contributed by atoms with Gasteiger partial charge in [-0.25, -0.2) is 9.59 Å². The first-order valence-electron chi connectivity index (χ1n) is 6.89. The van der Waals surface area contributed by atoms with Crippen molar-refractivity contribution >= 4 is 11.9 Å². The lowest BCUT2D eigenvalue weighted by molar-refractivity contribution is -0.337. The molecule has 0 bridgehead atoms. The van der Waals surface area contributed by atoms with Crippen molar-refractivity contribution in [2.75, 3.05) is 0 Å². The standard InChI is InChI=1S/C15H24O6/c1-5-9-10-14(18,8-4)11-15(19,20-12(16)6-2)21-13(17)7-3/h6-7,18-19H,2-3,5,8-11H2,1,4H3. The van der Waals surface area contributed by atoms with E-state index in [9.17, 15) is 19.8 Å². The molecule has 0 fully saturated rings. The van der Waals surface area contributed by atoms with Gasteiger partial charge in [0, 0.05) is 12.2 Å². The van der Waals surface area contributed by atoms with Crippen LogP contribution in [0, 0.1) is 0 Å². The Morgan fingerprint density at radius 2 is 1.57 bits per heavy atom. The second kappa shape index (κ2) is 8.59. The first kappa shape index (κ1) is 19.3. The Labute approximate surface area is 125 Å². The average molecular weight is 300 g/mol. The van der Waals surface area contributed by atoms with Crippen LogP contribution < -0.4 is 0 Å². The maximum absolute atomic E-state index is 11.3. The molecule has 0 amide bonds. The Hall–Kier alpha value is -1.66. The van der Waals surface area contributed by atoms with E-state index in [-0.39, 0.29) is 0 Å². The van der Waals surface area contributed by atoms with Crippen LogP contribution in [0.1, 0.15) is 46.0 Å². The fraction of sp³-hybridized carbons (Fsp3) is 0.600. The van der Waals surface area contributed by atoms with E-state index < -0.39 is 29.9 Å². The van der Waals surface area contributed by atoms with Crippen LogP contribution >= 0.6 is 0 Å². The molecule has 21 heavy (non-hydrogen) atoms. The highest BCUT2D eigenvalue weighted by molar-refractivity contribution is 5.83. The molecule has 0 radical (unpaired) electrons. The Bertz CT molecular complexity index is 368. The summed E-state index contributed by atoms with van der Waals surface area (Å²) < 4.78 is 9.37. The van der Waals surface area contributed by atoms with E-state index in [4.69, 9.17) is 0 Å². The van der Waals surface area contributed by atoms with E-state index >= 15 is 0 Å². The smallest absolute Gasteiger partial charge is 0.376 e. The SMILES string of the molecule is C=CC(=O)OC(O)(CC(O)(CC)CCCC)OC(=O)C=C. The zero-order chi connectivity index (χ0) is 16.5. The quantitative estimate of drug-likeness (QED) is 0.363. The van der Waals surface area contributed by atoms with Gasteiger partial charge < -0.3 is 19.7 Å². The van der Waals surface area contributed by atoms with Crippen LogP contribution in [0.15, 0.2) is 25.3 Å². The van der Waals surface area contributed by atoms with Crippen LogP contribution in [-0.2, 0) is 19.1 Å². The van der Waals surface area contributed by atoms with Gasteiger partial charge in [0.05, 0.1) is 12.0 Å². The maximum atomic E-state index is 11.3. The van der Waals surface area contributed by atoms with E-state index in [2.05, 4.69) is 22.6 Å². The molecule has 0 aliphatic rings. The molecule has 120 valence electrons. The van der Waals surface area contributed by atoms with Crippen LogP contribution in [-0.4, -0.2) is 33.7 Å². The third-order valence-electron chi connectivity index (χ3n) is 3.06. The van der Waals surface area contributed by atoms with Gasteiger partial charge in [-0.15, -0.1) is 0 Å². The molecular formula is C15H24O6. The summed E-state index contributed by atoms with van der Waals surface area (Å²) in [4.78, 5) is 22.6. The van der Waals surface area contributed by atoms with Crippen LogP contribution in [0.4, 0.5) is 0 Å². The lowest BCUT2D eigenvalue weighted by atomic mass is 9.89. The first-order chi connectivity index (χ1) is 9.74. The second-order valence-electron chi connectivity index (χ2n) is 4.82. The van der Waals surface area contributed by atoms with Gasteiger partial charge >= 0.3 is 17.9 Å². The average Bonchev–Trinajstić information content (AvgIpc) is 2.44. The monoisotopic (exact) mass is 300 g/mol. The van der Waals surface area contributed by atoms with Crippen molar-refractivity contribution in [3.63, 3.8) is 0 Å². The summed E-state index contributed by atoms with van der Waals surface area (Å²) in [5.41, 5.74) is -1.33. The number of carbonyl (C=O) groups is 2. The molecule has 0 saturated heterocycles. The fourth-order valence-corrected chi connectivity index (χ4v) is 1.80. The third kappa shape index (κ3) is 7.06. The first-order valence-corrected chi connectivity index (χ1v) is 6.89. The van der Waals surface area contributed by atoms with E-state index in [0.717, 1.165) is 18.6 Å². The number of aliphatic hydroxyl groups is 2. The number of unbranched alkanes of at least 4 members (excludes halogenated alkanes) is 1. The van der Waals surface area contributed by atoms with Crippen LogP contribution in [0.3, 0.4) is 0 Å². The Balaban J connectivity index is 5.17. The van der Waals surface area contributed by atoms with Crippen molar-refractivity contribution < 1.29 is 29.3 Å². The maximum Gasteiger partial charge on any atom is 0.376 e. The number of rotatable bonds is 10. The van der Waals surface area contributed by atoms with Gasteiger partial charge in [-0.1, -0.05) is 39.8 Å². The van der Waals surface area contributed by atoms with Gasteiger partial charge in [0.1, 0.15) is 0 Å². The van der Waals surface area contributed by atoms with E-state index in [1.54, 1.807) is 6.92 Å². The summed E-state index contributed by atoms with van der Waals surface area (Å²) in [5.74, 6) is -4.50. The van der Waals surface area contributed by atoms with E-state index in [0.29, 0.717) is 19.3 Å². The molecule has 0 aromatic heterocycles. The summed E-state index contributed by atoms with van der Waals surface area (Å²) in [7, 11) is 0. The Morgan fingerprint density at radius 1 is 1.10 bits per heavy atom. The van der Waals surface area contributed by atoms with E-state index in [1.807, 2.05) is 6.92 Å². The number of hydrogen-bond acceptors (Lipinski definition) is 6. The highest BCUT2D eigenvalue weighted by Crippen LogP contribution is 2.31. The molecule has 0 rings (SSSR count). The normalized spacial score (nSPS) is 13.9. The minimum atomic E-state index is -2.56. The molecule has 6 heteroatoms. The van der Waals surface area contributed by atoms with Gasteiger partial charge in [-0.05, 0) is 12.8 Å². The molecule has 6 nitrogen and oxygen atoms in total. The zero-order valence-corrected chi connectivity index (χ0v) is 12.6. The summed E-state index contributed by atoms with van der Waals surface area (Å²) in [5, 5.41) is 20.7. The number of hydrogen-bond donors (Lipinski definition) is 2. The minimum absolute atomic E-state index is 0.298. The molecule has 2 N–H and O–H groups in total. The molecule has 0 aromatic rings. The van der Waals surface area contributed by atoms with Crippen molar-refractivity contribution in [2.45, 2.75) is 57.5 Å². The highest BCUT2D eigenvalue weighted by Gasteiger charge is 2.43. The van der Waals surface area contributed by atoms with Gasteiger partial charge in [0.25, 0.3) is 0 Å². The van der Waals surface area contributed by atoms with Crippen molar-refractivity contribution in [3.8, 4) is 0 Å². The van der Waals surface area contributed by atoms with Gasteiger partial charge in [-0.2, -0.15) is 0 Å². The zero-order valence-electron chi connectivity index (χ0n) is 12.6. The lowest BCUT2D eigenvalue weighted by Gasteiger charge is -2.34. The molecule has 0 aliphatic heterocycles. The van der Waals surface area contributed by atoms with Crippen LogP contribution in [0.5, 0.6) is 0 Å². The van der Waals surface area contributed by atoms with Gasteiger partial charge in [0.15, 0.2) is 0 Å². The summed E-state index contributed by atoms with van der Waals surface area (Å²) in [6, 6.07) is 0. The van der Waals surface area contributed by atoms with Crippen LogP contribution in [0.25, 0.3) is 0 Å². The lowest BCUT2D eigenvalue weighted by Crippen LogP contribution is -2.47. The molecule has 0 aliphatic carbocycles. The predicted octanol–water partition coefficient (Wildman–Crippen LogP) is 1.81. The van der Waals surface area contributed by atoms with Crippen LogP contribution in [0.2, 0.25) is 0 Å². The number of esters is 2. The molecular weight excluding hydrogens is 276 g/mol. The molecule has 0 saturated carbocycles. The largest absolute Gasteiger partial charge is 0.395 e. The number of ether oxygens (including phenoxy) is 2. The molecule has 0 heterocycles. The molecule has 0 aromatic carbocycles. The molecule has 1 atom stereocenters. The predicted molar refractivity (Wildman–Crippen MR) is 76.9 cm³/mol. The molecule has 0 spiro atoms. The van der Waals surface area contributed by atoms with Crippen molar-refractivity contribution in [1.82, 2.24) is 0 Å². The van der Waals surface area contributed by atoms with E-state index in [1.165, 1.54) is 0 Å². The topological polar surface area (TPSA) is 93.1 Å². The van der Waals surface area contributed by atoms with Crippen molar-refractivity contribution in [2.24, 2.45) is 0 Å². The van der Waals surface area contributed by atoms with Crippen molar-refractivity contribution in [3.05, 3.63) is 25.3 Å². The summed E-state index contributed by atoms with van der Waals surface area (Å²) in [6.07, 6.45) is 3.43. The molecule has 1 unspecified atom stereocenters. The Morgan fingerprint density at radius 3 is 1.90 bits per heavy atom. The highest BCUT2D eigenvalue weighted by atomic mass is 16.8.